The standard InChI is InChI=1S/C35H57N5O7/c1-18(2)24(31(45)47-34(6,7)8)38-32(46)39-27(33(3,4)5)30(44)40-17-21-23(35(21,9)10)25(40)28(42)37-22(15-19-11-12-19)26(41)29(43)36-16-20-13-14-20/h18-25,27H,11-17H2,1-10H3,(H,36,43)(H,37,42)(H2,38,39,46)/t21-,22?,23-,24-,25-,27+/m0/s1. The molecular formula is C35H57N5O7. The zero-order chi connectivity index (χ0) is 35.2. The summed E-state index contributed by atoms with van der Waals surface area (Å²) in [5.74, 6) is -2.41. The first-order chi connectivity index (χ1) is 21.6. The maximum atomic E-state index is 14.3. The lowest BCUT2D eigenvalue weighted by Crippen LogP contribution is -2.62. The molecule has 4 rings (SSSR count). The van der Waals surface area contributed by atoms with E-state index in [0.29, 0.717) is 25.4 Å². The molecule has 1 saturated heterocycles. The molecular weight excluding hydrogens is 602 g/mol. The SMILES string of the molecule is CC(C)[C@H](NC(=O)N[C@H](C(=O)N1C[C@H]2[C@@H]([C@H]1C(=O)NC(CC1CC1)C(=O)C(=O)NCC1CC1)C2(C)C)C(C)(C)C)C(=O)OC(C)(C)C. The molecule has 0 aromatic rings. The van der Waals surface area contributed by atoms with E-state index in [4.69, 9.17) is 4.74 Å². The first-order valence-electron chi connectivity index (χ1n) is 17.3. The van der Waals surface area contributed by atoms with Crippen LogP contribution in [0.4, 0.5) is 4.79 Å². The average molecular weight is 660 g/mol. The van der Waals surface area contributed by atoms with Crippen molar-refractivity contribution in [3.05, 3.63) is 0 Å². The van der Waals surface area contributed by atoms with Gasteiger partial charge in [0.2, 0.25) is 17.6 Å². The van der Waals surface area contributed by atoms with Crippen LogP contribution >= 0.6 is 0 Å². The number of amides is 5. The monoisotopic (exact) mass is 659 g/mol. The number of esters is 1. The zero-order valence-electron chi connectivity index (χ0n) is 30.0. The lowest BCUT2D eigenvalue weighted by Gasteiger charge is -2.38. The molecule has 3 saturated carbocycles. The van der Waals surface area contributed by atoms with Crippen LogP contribution in [0.2, 0.25) is 0 Å². The number of piperidine rings is 1. The summed E-state index contributed by atoms with van der Waals surface area (Å²) in [6.07, 6.45) is 4.35. The van der Waals surface area contributed by atoms with Crippen LogP contribution in [0.15, 0.2) is 0 Å². The molecule has 47 heavy (non-hydrogen) atoms. The van der Waals surface area contributed by atoms with E-state index < -0.39 is 70.7 Å². The maximum absolute atomic E-state index is 14.3. The molecule has 0 radical (unpaired) electrons. The van der Waals surface area contributed by atoms with Crippen molar-refractivity contribution in [2.45, 2.75) is 131 Å². The van der Waals surface area contributed by atoms with Crippen molar-refractivity contribution in [2.24, 2.45) is 40.4 Å². The molecule has 12 nitrogen and oxygen atoms in total. The largest absolute Gasteiger partial charge is 0.458 e. The van der Waals surface area contributed by atoms with Gasteiger partial charge in [-0.05, 0) is 80.5 Å². The van der Waals surface area contributed by atoms with Gasteiger partial charge in [-0.2, -0.15) is 0 Å². The Morgan fingerprint density at radius 2 is 1.47 bits per heavy atom. The maximum Gasteiger partial charge on any atom is 0.329 e. The number of nitrogens with zero attached hydrogens (tertiary/aromatic N) is 1. The fourth-order valence-corrected chi connectivity index (χ4v) is 6.78. The van der Waals surface area contributed by atoms with E-state index in [-0.39, 0.29) is 29.1 Å². The predicted octanol–water partition coefficient (Wildman–Crippen LogP) is 2.93. The van der Waals surface area contributed by atoms with Gasteiger partial charge in [-0.1, -0.05) is 61.3 Å². The summed E-state index contributed by atoms with van der Waals surface area (Å²) in [4.78, 5) is 82.1. The minimum atomic E-state index is -1.03. The van der Waals surface area contributed by atoms with E-state index in [9.17, 15) is 28.8 Å². The van der Waals surface area contributed by atoms with Crippen molar-refractivity contribution in [3.63, 3.8) is 0 Å². The van der Waals surface area contributed by atoms with Crippen molar-refractivity contribution >= 4 is 35.5 Å². The summed E-state index contributed by atoms with van der Waals surface area (Å²) < 4.78 is 5.51. The van der Waals surface area contributed by atoms with E-state index in [2.05, 4.69) is 35.1 Å². The quantitative estimate of drug-likeness (QED) is 0.175. The third-order valence-corrected chi connectivity index (χ3v) is 10.1. The number of hydrogen-bond acceptors (Lipinski definition) is 7. The Kier molecular flexibility index (Phi) is 10.4. The Labute approximate surface area is 279 Å². The molecule has 0 spiro atoms. The molecule has 4 N–H and O–H groups in total. The fourth-order valence-electron chi connectivity index (χ4n) is 6.78. The van der Waals surface area contributed by atoms with Crippen molar-refractivity contribution in [1.82, 2.24) is 26.2 Å². The number of hydrogen-bond donors (Lipinski definition) is 4. The second-order valence-corrected chi connectivity index (χ2v) is 17.3. The molecule has 0 bridgehead atoms. The molecule has 0 aromatic heterocycles. The third kappa shape index (κ3) is 9.04. The molecule has 12 heteroatoms. The van der Waals surface area contributed by atoms with Crippen LogP contribution in [0.1, 0.15) is 101 Å². The number of rotatable bonds is 13. The van der Waals surface area contributed by atoms with Gasteiger partial charge in [-0.3, -0.25) is 19.2 Å². The Morgan fingerprint density at radius 1 is 0.872 bits per heavy atom. The van der Waals surface area contributed by atoms with E-state index in [1.54, 1.807) is 34.6 Å². The molecule has 1 unspecified atom stereocenters. The molecule has 6 atom stereocenters. The van der Waals surface area contributed by atoms with Gasteiger partial charge in [0.1, 0.15) is 23.7 Å². The van der Waals surface area contributed by atoms with Gasteiger partial charge < -0.3 is 30.9 Å². The molecule has 0 aromatic carbocycles. The molecule has 1 heterocycles. The van der Waals surface area contributed by atoms with Crippen molar-refractivity contribution in [1.29, 1.82) is 0 Å². The van der Waals surface area contributed by atoms with Gasteiger partial charge >= 0.3 is 12.0 Å². The highest BCUT2D eigenvalue weighted by molar-refractivity contribution is 6.38. The second kappa shape index (κ2) is 13.4. The minimum absolute atomic E-state index is 0.0774. The van der Waals surface area contributed by atoms with Crippen LogP contribution in [0, 0.1) is 40.4 Å². The summed E-state index contributed by atoms with van der Waals surface area (Å²) in [6.45, 7) is 19.2. The van der Waals surface area contributed by atoms with Gasteiger partial charge in [0.05, 0.1) is 6.04 Å². The highest BCUT2D eigenvalue weighted by Gasteiger charge is 2.70. The number of ether oxygens (including phenoxy) is 1. The topological polar surface area (TPSA) is 163 Å². The van der Waals surface area contributed by atoms with E-state index in [0.717, 1.165) is 25.7 Å². The summed E-state index contributed by atoms with van der Waals surface area (Å²) >= 11 is 0. The Morgan fingerprint density at radius 3 is 1.98 bits per heavy atom. The molecule has 4 fully saturated rings. The number of likely N-dealkylation sites (tertiary alicyclic amines) is 1. The lowest BCUT2D eigenvalue weighted by atomic mass is 9.85. The first-order valence-corrected chi connectivity index (χ1v) is 17.3. The van der Waals surface area contributed by atoms with Gasteiger partial charge in [-0.25, -0.2) is 9.59 Å². The summed E-state index contributed by atoms with van der Waals surface area (Å²) in [5.41, 5.74) is -1.67. The van der Waals surface area contributed by atoms with Crippen LogP contribution in [0.5, 0.6) is 0 Å². The van der Waals surface area contributed by atoms with Crippen LogP contribution in [-0.2, 0) is 28.7 Å². The Balaban J connectivity index is 1.50. The summed E-state index contributed by atoms with van der Waals surface area (Å²) in [7, 11) is 0. The zero-order valence-corrected chi connectivity index (χ0v) is 30.0. The summed E-state index contributed by atoms with van der Waals surface area (Å²) in [5, 5.41) is 11.1. The van der Waals surface area contributed by atoms with E-state index >= 15 is 0 Å². The molecule has 4 aliphatic rings. The van der Waals surface area contributed by atoms with Crippen LogP contribution in [0.3, 0.4) is 0 Å². The first kappa shape index (κ1) is 36.7. The molecule has 1 aliphatic heterocycles. The second-order valence-electron chi connectivity index (χ2n) is 17.3. The van der Waals surface area contributed by atoms with Crippen molar-refractivity contribution in [2.75, 3.05) is 13.1 Å². The fraction of sp³-hybridized carbons (Fsp3) is 0.829. The highest BCUT2D eigenvalue weighted by Crippen LogP contribution is 2.65. The van der Waals surface area contributed by atoms with Crippen LogP contribution in [0.25, 0.3) is 0 Å². The minimum Gasteiger partial charge on any atom is -0.458 e. The Bertz CT molecular complexity index is 1260. The number of nitrogens with one attached hydrogen (secondary N) is 4. The average Bonchev–Trinajstić information content (AvgIpc) is 3.89. The van der Waals surface area contributed by atoms with Crippen LogP contribution in [-0.4, -0.2) is 83.3 Å². The van der Waals surface area contributed by atoms with Gasteiger partial charge in [0, 0.05) is 13.1 Å². The van der Waals surface area contributed by atoms with Crippen molar-refractivity contribution < 1.29 is 33.5 Å². The van der Waals surface area contributed by atoms with Crippen LogP contribution < -0.4 is 21.3 Å². The third-order valence-electron chi connectivity index (χ3n) is 10.1. The normalized spacial score (nSPS) is 25.2. The molecule has 5 amide bonds. The molecule has 264 valence electrons. The number of carbonyl (C=O) groups excluding carboxylic acids is 6. The summed E-state index contributed by atoms with van der Waals surface area (Å²) in [6, 6.07) is -4.48. The van der Waals surface area contributed by atoms with Gasteiger partial charge in [0.25, 0.3) is 5.91 Å². The number of Topliss-reactive ketones (excluding diaryl/α,β-unsaturated/α-hetero) is 1. The lowest BCUT2D eigenvalue weighted by molar-refractivity contribution is -0.158. The number of ketones is 1. The van der Waals surface area contributed by atoms with Gasteiger partial charge in [-0.15, -0.1) is 0 Å². The van der Waals surface area contributed by atoms with E-state index in [1.807, 2.05) is 20.8 Å². The number of carbonyl (C=O) groups is 6. The van der Waals surface area contributed by atoms with E-state index in [1.165, 1.54) is 4.90 Å². The van der Waals surface area contributed by atoms with Gasteiger partial charge in [0.15, 0.2) is 0 Å². The molecule has 3 aliphatic carbocycles. The number of fused-ring (bicyclic) bond motifs is 1. The Hall–Kier alpha value is -3.18. The number of urea groups is 1. The van der Waals surface area contributed by atoms with Crippen molar-refractivity contribution in [3.8, 4) is 0 Å². The highest BCUT2D eigenvalue weighted by atomic mass is 16.6. The predicted molar refractivity (Wildman–Crippen MR) is 176 cm³/mol. The smallest absolute Gasteiger partial charge is 0.329 e.